The first-order chi connectivity index (χ1) is 6.38. The second-order valence-corrected chi connectivity index (χ2v) is 4.33. The minimum atomic E-state index is -0.192. The predicted molar refractivity (Wildman–Crippen MR) is 59.7 cm³/mol. The van der Waals surface area contributed by atoms with E-state index in [1.807, 2.05) is 26.1 Å². The molecular weight excluding hydrogens is 174 g/mol. The van der Waals surface area contributed by atoms with Gasteiger partial charge in [0, 0.05) is 11.1 Å². The van der Waals surface area contributed by atoms with Crippen molar-refractivity contribution in [3.05, 3.63) is 28.8 Å². The number of phenols is 1. The summed E-state index contributed by atoms with van der Waals surface area (Å²) in [4.78, 5) is 0. The molecule has 0 aliphatic heterocycles. The monoisotopic (exact) mass is 193 g/mol. The van der Waals surface area contributed by atoms with Crippen LogP contribution in [0, 0.1) is 13.8 Å². The van der Waals surface area contributed by atoms with Crippen LogP contribution in [-0.2, 0) is 5.54 Å². The third-order valence-electron chi connectivity index (χ3n) is 2.91. The molecule has 2 N–H and O–H groups in total. The Hall–Kier alpha value is -1.02. The van der Waals surface area contributed by atoms with Crippen molar-refractivity contribution < 1.29 is 5.11 Å². The van der Waals surface area contributed by atoms with E-state index in [1.165, 1.54) is 5.56 Å². The summed E-state index contributed by atoms with van der Waals surface area (Å²) in [6.07, 6.45) is 0. The van der Waals surface area contributed by atoms with Crippen LogP contribution in [0.3, 0.4) is 0 Å². The van der Waals surface area contributed by atoms with Crippen LogP contribution in [0.5, 0.6) is 5.75 Å². The Morgan fingerprint density at radius 1 is 1.14 bits per heavy atom. The molecule has 2 nitrogen and oxygen atoms in total. The smallest absolute Gasteiger partial charge is 0.120 e. The van der Waals surface area contributed by atoms with E-state index < -0.39 is 0 Å². The van der Waals surface area contributed by atoms with Crippen molar-refractivity contribution in [1.29, 1.82) is 0 Å². The Bertz CT molecular complexity index is 342. The van der Waals surface area contributed by atoms with E-state index in [2.05, 4.69) is 26.1 Å². The SMILES string of the molecule is CNC(C)(C)c1cc(C)c(C)cc1O. The molecule has 2 heteroatoms. The van der Waals surface area contributed by atoms with Gasteiger partial charge < -0.3 is 10.4 Å². The molecule has 0 spiro atoms. The molecule has 1 aromatic rings. The van der Waals surface area contributed by atoms with Crippen molar-refractivity contribution >= 4 is 0 Å². The standard InChI is InChI=1S/C12H19NO/c1-8-6-10(12(3,4)13-5)11(14)7-9(8)2/h6-7,13-14H,1-5H3. The zero-order valence-corrected chi connectivity index (χ0v) is 9.60. The molecule has 0 saturated heterocycles. The second-order valence-electron chi connectivity index (χ2n) is 4.33. The van der Waals surface area contributed by atoms with Gasteiger partial charge in [-0.2, -0.15) is 0 Å². The van der Waals surface area contributed by atoms with E-state index in [4.69, 9.17) is 0 Å². The van der Waals surface area contributed by atoms with Crippen LogP contribution in [0.25, 0.3) is 0 Å². The Morgan fingerprint density at radius 3 is 2.14 bits per heavy atom. The van der Waals surface area contributed by atoms with Crippen LogP contribution in [0.2, 0.25) is 0 Å². The van der Waals surface area contributed by atoms with Crippen molar-refractivity contribution in [1.82, 2.24) is 5.32 Å². The van der Waals surface area contributed by atoms with Crippen molar-refractivity contribution in [3.63, 3.8) is 0 Å². The van der Waals surface area contributed by atoms with Crippen LogP contribution >= 0.6 is 0 Å². The van der Waals surface area contributed by atoms with Gasteiger partial charge in [-0.1, -0.05) is 6.07 Å². The molecular formula is C12H19NO. The van der Waals surface area contributed by atoms with Gasteiger partial charge in [0.2, 0.25) is 0 Å². The molecule has 0 saturated carbocycles. The summed E-state index contributed by atoms with van der Waals surface area (Å²) in [7, 11) is 1.90. The molecule has 0 amide bonds. The predicted octanol–water partition coefficient (Wildman–Crippen LogP) is 2.46. The average molecular weight is 193 g/mol. The second kappa shape index (κ2) is 3.62. The van der Waals surface area contributed by atoms with Gasteiger partial charge in [-0.3, -0.25) is 0 Å². The topological polar surface area (TPSA) is 32.3 Å². The summed E-state index contributed by atoms with van der Waals surface area (Å²) in [5.41, 5.74) is 3.09. The van der Waals surface area contributed by atoms with Crippen LogP contribution < -0.4 is 5.32 Å². The third kappa shape index (κ3) is 1.90. The molecule has 0 aliphatic rings. The van der Waals surface area contributed by atoms with E-state index in [1.54, 1.807) is 0 Å². The summed E-state index contributed by atoms with van der Waals surface area (Å²) in [5, 5.41) is 13.0. The first-order valence-corrected chi connectivity index (χ1v) is 4.88. The molecule has 78 valence electrons. The fourth-order valence-corrected chi connectivity index (χ4v) is 1.44. The first-order valence-electron chi connectivity index (χ1n) is 4.88. The Morgan fingerprint density at radius 2 is 1.64 bits per heavy atom. The highest BCUT2D eigenvalue weighted by Gasteiger charge is 2.21. The molecule has 0 fully saturated rings. The van der Waals surface area contributed by atoms with E-state index in [0.29, 0.717) is 5.75 Å². The summed E-state index contributed by atoms with van der Waals surface area (Å²) >= 11 is 0. The van der Waals surface area contributed by atoms with Gasteiger partial charge in [0.25, 0.3) is 0 Å². The van der Waals surface area contributed by atoms with Gasteiger partial charge in [-0.05, 0) is 51.9 Å². The summed E-state index contributed by atoms with van der Waals surface area (Å²) < 4.78 is 0. The molecule has 1 rings (SSSR count). The fourth-order valence-electron chi connectivity index (χ4n) is 1.44. The molecule has 1 aromatic carbocycles. The lowest BCUT2D eigenvalue weighted by Crippen LogP contribution is -2.33. The molecule has 0 heterocycles. The third-order valence-corrected chi connectivity index (χ3v) is 2.91. The number of phenolic OH excluding ortho intramolecular Hbond substituents is 1. The maximum Gasteiger partial charge on any atom is 0.120 e. The van der Waals surface area contributed by atoms with E-state index in [9.17, 15) is 5.11 Å². The van der Waals surface area contributed by atoms with Gasteiger partial charge in [0.15, 0.2) is 0 Å². The van der Waals surface area contributed by atoms with Gasteiger partial charge in [-0.15, -0.1) is 0 Å². The first kappa shape index (κ1) is 11.1. The van der Waals surface area contributed by atoms with Gasteiger partial charge in [0.05, 0.1) is 0 Å². The highest BCUT2D eigenvalue weighted by molar-refractivity contribution is 5.44. The average Bonchev–Trinajstić information content (AvgIpc) is 2.11. The number of benzene rings is 1. The zero-order valence-electron chi connectivity index (χ0n) is 9.60. The Balaban J connectivity index is 3.29. The zero-order chi connectivity index (χ0) is 10.9. The Labute approximate surface area is 86.0 Å². The van der Waals surface area contributed by atoms with Crippen LogP contribution in [-0.4, -0.2) is 12.2 Å². The number of aryl methyl sites for hydroxylation is 2. The summed E-state index contributed by atoms with van der Waals surface area (Å²) in [6, 6.07) is 3.87. The van der Waals surface area contributed by atoms with Crippen molar-refractivity contribution in [2.24, 2.45) is 0 Å². The minimum Gasteiger partial charge on any atom is -0.508 e. The molecule has 0 aromatic heterocycles. The van der Waals surface area contributed by atoms with Crippen molar-refractivity contribution in [2.75, 3.05) is 7.05 Å². The van der Waals surface area contributed by atoms with Gasteiger partial charge in [-0.25, -0.2) is 0 Å². The van der Waals surface area contributed by atoms with E-state index in [-0.39, 0.29) is 5.54 Å². The maximum atomic E-state index is 9.84. The molecule has 0 aliphatic carbocycles. The minimum absolute atomic E-state index is 0.192. The number of hydrogen-bond donors (Lipinski definition) is 2. The van der Waals surface area contributed by atoms with Crippen LogP contribution in [0.15, 0.2) is 12.1 Å². The molecule has 14 heavy (non-hydrogen) atoms. The van der Waals surface area contributed by atoms with Crippen LogP contribution in [0.4, 0.5) is 0 Å². The number of hydrogen-bond acceptors (Lipinski definition) is 2. The van der Waals surface area contributed by atoms with Crippen molar-refractivity contribution in [3.8, 4) is 5.75 Å². The quantitative estimate of drug-likeness (QED) is 0.756. The summed E-state index contributed by atoms with van der Waals surface area (Å²) in [6.45, 7) is 8.17. The summed E-state index contributed by atoms with van der Waals surface area (Å²) in [5.74, 6) is 0.368. The lowest BCUT2D eigenvalue weighted by molar-refractivity contribution is 0.400. The lowest BCUT2D eigenvalue weighted by atomic mass is 9.91. The normalized spacial score (nSPS) is 11.8. The molecule has 0 atom stereocenters. The number of rotatable bonds is 2. The van der Waals surface area contributed by atoms with E-state index >= 15 is 0 Å². The molecule has 0 radical (unpaired) electrons. The number of nitrogens with one attached hydrogen (secondary N) is 1. The van der Waals surface area contributed by atoms with Crippen LogP contribution in [0.1, 0.15) is 30.5 Å². The highest BCUT2D eigenvalue weighted by Crippen LogP contribution is 2.30. The Kier molecular flexibility index (Phi) is 2.86. The largest absolute Gasteiger partial charge is 0.508 e. The molecule has 0 bridgehead atoms. The number of aromatic hydroxyl groups is 1. The van der Waals surface area contributed by atoms with Gasteiger partial charge in [0.1, 0.15) is 5.75 Å². The van der Waals surface area contributed by atoms with E-state index in [0.717, 1.165) is 11.1 Å². The van der Waals surface area contributed by atoms with Crippen molar-refractivity contribution in [2.45, 2.75) is 33.2 Å². The maximum absolute atomic E-state index is 9.84. The molecule has 0 unspecified atom stereocenters. The lowest BCUT2D eigenvalue weighted by Gasteiger charge is -2.26. The van der Waals surface area contributed by atoms with Gasteiger partial charge >= 0.3 is 0 Å². The highest BCUT2D eigenvalue weighted by atomic mass is 16.3. The fraction of sp³-hybridized carbons (Fsp3) is 0.500.